The second-order valence-electron chi connectivity index (χ2n) is 26.6. The molecule has 0 saturated heterocycles. The number of hydrogen-bond donors (Lipinski definition) is 1. The molecule has 0 amide bonds. The van der Waals surface area contributed by atoms with E-state index in [0.29, 0.717) is 17.4 Å². The van der Waals surface area contributed by atoms with Gasteiger partial charge in [0.15, 0.2) is 6.10 Å². The molecule has 10 heteroatoms. The maximum absolute atomic E-state index is 12.9. The summed E-state index contributed by atoms with van der Waals surface area (Å²) in [5, 5.41) is 0. The molecule has 0 heterocycles. The Bertz CT molecular complexity index is 1970. The Kier molecular flexibility index (Phi) is 68.9. The normalized spacial score (nSPS) is 13.8. The molecule has 2 unspecified atom stereocenters. The van der Waals surface area contributed by atoms with Crippen molar-refractivity contribution in [3.8, 4) is 0 Å². The lowest BCUT2D eigenvalue weighted by Gasteiger charge is -2.24. The standard InChI is InChI=1S/C82H144NO8P/c1-6-8-10-12-14-16-18-20-22-24-26-28-30-32-34-35-36-37-38-39-40-41-42-43-44-45-46-47-49-51-53-55-57-59-61-63-65-67-69-71-73-75-82(85)91-80(79-90-92(86,87)89-77-76-83(3,4)5)78-88-81(84)74-72-70-68-66-64-62-60-58-56-54-52-50-48-33-31-29-27-25-23-21-19-17-15-13-11-9-7-2/h8-11,14-17,20-23,26-29,32-34,48,80H,6-7,12-13,18-19,24-25,30-31,35-47,49-79H2,1-5H3/p+1/b10-8-,11-9-,16-14-,17-15-,22-20-,23-21-,28-26-,29-27-,34-32-,48-33-. The van der Waals surface area contributed by atoms with Crippen LogP contribution in [0.4, 0.5) is 0 Å². The van der Waals surface area contributed by atoms with E-state index in [1.54, 1.807) is 0 Å². The monoisotopic (exact) mass is 1300 g/mol. The summed E-state index contributed by atoms with van der Waals surface area (Å²) in [4.78, 5) is 35.9. The van der Waals surface area contributed by atoms with Gasteiger partial charge in [-0.2, -0.15) is 0 Å². The molecule has 0 saturated carbocycles. The molecular formula is C82H145NO8P+. The smallest absolute Gasteiger partial charge is 0.462 e. The van der Waals surface area contributed by atoms with Crippen molar-refractivity contribution in [3.63, 3.8) is 0 Å². The molecule has 0 bridgehead atoms. The summed E-state index contributed by atoms with van der Waals surface area (Å²) in [6.45, 7) is 4.24. The van der Waals surface area contributed by atoms with Crippen LogP contribution in [-0.2, 0) is 32.7 Å². The van der Waals surface area contributed by atoms with Gasteiger partial charge in [-0.3, -0.25) is 18.6 Å². The Labute approximate surface area is 568 Å². The predicted octanol–water partition coefficient (Wildman–Crippen LogP) is 25.4. The fraction of sp³-hybridized carbons (Fsp3) is 0.732. The summed E-state index contributed by atoms with van der Waals surface area (Å²) in [7, 11) is 1.48. The van der Waals surface area contributed by atoms with Crippen molar-refractivity contribution in [2.75, 3.05) is 47.5 Å². The average molecular weight is 1300 g/mol. The van der Waals surface area contributed by atoms with Crippen molar-refractivity contribution < 1.29 is 42.1 Å². The Morgan fingerprint density at radius 1 is 0.337 bits per heavy atom. The summed E-state index contributed by atoms with van der Waals surface area (Å²) in [5.41, 5.74) is 0. The van der Waals surface area contributed by atoms with Crippen LogP contribution in [0.25, 0.3) is 0 Å². The molecule has 92 heavy (non-hydrogen) atoms. The first-order valence-electron chi connectivity index (χ1n) is 38.3. The van der Waals surface area contributed by atoms with Crippen molar-refractivity contribution in [1.29, 1.82) is 0 Å². The van der Waals surface area contributed by atoms with Crippen molar-refractivity contribution in [3.05, 3.63) is 122 Å². The van der Waals surface area contributed by atoms with Crippen molar-refractivity contribution in [2.24, 2.45) is 0 Å². The molecule has 0 rings (SSSR count). The zero-order valence-electron chi connectivity index (χ0n) is 60.5. The minimum atomic E-state index is -4.40. The Morgan fingerprint density at radius 3 is 0.870 bits per heavy atom. The molecule has 1 N–H and O–H groups in total. The lowest BCUT2D eigenvalue weighted by molar-refractivity contribution is -0.870. The van der Waals surface area contributed by atoms with E-state index in [4.69, 9.17) is 18.5 Å². The summed E-state index contributed by atoms with van der Waals surface area (Å²) >= 11 is 0. The fourth-order valence-electron chi connectivity index (χ4n) is 10.7. The molecule has 0 aliphatic rings. The zero-order chi connectivity index (χ0) is 66.9. The molecule has 0 aliphatic carbocycles. The van der Waals surface area contributed by atoms with Gasteiger partial charge >= 0.3 is 19.8 Å². The number of hydrogen-bond acceptors (Lipinski definition) is 7. The van der Waals surface area contributed by atoms with E-state index in [1.807, 2.05) is 21.1 Å². The van der Waals surface area contributed by atoms with Gasteiger partial charge in [-0.25, -0.2) is 4.57 Å². The van der Waals surface area contributed by atoms with Gasteiger partial charge < -0.3 is 18.9 Å². The van der Waals surface area contributed by atoms with Gasteiger partial charge in [0, 0.05) is 12.8 Å². The number of carbonyl (C=O) groups excluding carboxylic acids is 2. The number of unbranched alkanes of at least 4 members (excludes halogenated alkanes) is 36. The highest BCUT2D eigenvalue weighted by molar-refractivity contribution is 7.47. The van der Waals surface area contributed by atoms with E-state index >= 15 is 0 Å². The maximum atomic E-state index is 12.9. The first-order valence-corrected chi connectivity index (χ1v) is 39.8. The van der Waals surface area contributed by atoms with Crippen LogP contribution in [0.15, 0.2) is 122 Å². The number of phosphoric ester groups is 1. The molecule has 0 fully saturated rings. The molecule has 0 aromatic carbocycles. The van der Waals surface area contributed by atoms with Crippen molar-refractivity contribution in [2.45, 2.75) is 341 Å². The van der Waals surface area contributed by atoms with Crippen LogP contribution in [0.1, 0.15) is 335 Å². The second-order valence-corrected chi connectivity index (χ2v) is 28.1. The van der Waals surface area contributed by atoms with E-state index in [2.05, 4.69) is 135 Å². The number of ether oxygens (including phenoxy) is 2. The number of phosphoric acid groups is 1. The van der Waals surface area contributed by atoms with Crippen LogP contribution in [0, 0.1) is 0 Å². The molecule has 0 aliphatic heterocycles. The number of likely N-dealkylation sites (N-methyl/N-ethyl adjacent to an activating group) is 1. The van der Waals surface area contributed by atoms with Gasteiger partial charge in [0.05, 0.1) is 27.7 Å². The Balaban J connectivity index is 3.95. The fourth-order valence-corrected chi connectivity index (χ4v) is 11.5. The topological polar surface area (TPSA) is 108 Å². The van der Waals surface area contributed by atoms with Gasteiger partial charge in [-0.15, -0.1) is 0 Å². The summed E-state index contributed by atoms with van der Waals surface area (Å²) in [6.07, 6.45) is 103. The number of nitrogens with zero attached hydrogens (tertiary/aromatic N) is 1. The van der Waals surface area contributed by atoms with Crippen molar-refractivity contribution in [1.82, 2.24) is 0 Å². The third kappa shape index (κ3) is 75.4. The van der Waals surface area contributed by atoms with Gasteiger partial charge in [0.1, 0.15) is 19.8 Å². The van der Waals surface area contributed by atoms with Crippen molar-refractivity contribution >= 4 is 19.8 Å². The van der Waals surface area contributed by atoms with E-state index in [-0.39, 0.29) is 32.0 Å². The first kappa shape index (κ1) is 88.4. The van der Waals surface area contributed by atoms with Crippen LogP contribution in [0.2, 0.25) is 0 Å². The number of quaternary nitrogens is 1. The SMILES string of the molecule is CC/C=C\C/C=C\C/C=C\C/C=C\C/C=C\CCCCCCCCCCCCCCCCCCCCCCCCCCCC(=O)OC(COC(=O)CCCCCCCCCCCCC/C=C\C/C=C\C/C=C\C/C=C\C/C=C\CC)COP(=O)(O)OCC[N+](C)(C)C. The minimum absolute atomic E-state index is 0.0289. The quantitative estimate of drug-likeness (QED) is 0.0211. The van der Waals surface area contributed by atoms with Crippen LogP contribution >= 0.6 is 7.82 Å². The lowest BCUT2D eigenvalue weighted by atomic mass is 10.0. The summed E-state index contributed by atoms with van der Waals surface area (Å²) in [5.74, 6) is -0.791. The maximum Gasteiger partial charge on any atom is 0.472 e. The number of esters is 2. The van der Waals surface area contributed by atoms with Gasteiger partial charge in [-0.1, -0.05) is 341 Å². The Hall–Kier alpha value is -3.59. The molecule has 0 spiro atoms. The van der Waals surface area contributed by atoms with E-state index in [0.717, 1.165) is 96.3 Å². The van der Waals surface area contributed by atoms with Gasteiger partial charge in [0.25, 0.3) is 0 Å². The Morgan fingerprint density at radius 2 is 0.587 bits per heavy atom. The molecule has 530 valence electrons. The predicted molar refractivity (Wildman–Crippen MR) is 399 cm³/mol. The zero-order valence-corrected chi connectivity index (χ0v) is 61.4. The van der Waals surface area contributed by atoms with Gasteiger partial charge in [-0.05, 0) is 103 Å². The molecule has 0 aromatic heterocycles. The van der Waals surface area contributed by atoms with Crippen LogP contribution < -0.4 is 0 Å². The van der Waals surface area contributed by atoms with Crippen LogP contribution in [-0.4, -0.2) is 74.9 Å². The van der Waals surface area contributed by atoms with Gasteiger partial charge in [0.2, 0.25) is 0 Å². The van der Waals surface area contributed by atoms with E-state index < -0.39 is 26.5 Å². The summed E-state index contributed by atoms with van der Waals surface area (Å²) in [6, 6.07) is 0. The average Bonchev–Trinajstić information content (AvgIpc) is 2.23. The number of rotatable bonds is 70. The molecule has 0 radical (unpaired) electrons. The third-order valence-electron chi connectivity index (χ3n) is 16.5. The molecule has 0 aromatic rings. The van der Waals surface area contributed by atoms with E-state index in [9.17, 15) is 19.0 Å². The second kappa shape index (κ2) is 71.7. The lowest BCUT2D eigenvalue weighted by Crippen LogP contribution is -2.37. The van der Waals surface area contributed by atoms with Crippen LogP contribution in [0.5, 0.6) is 0 Å². The third-order valence-corrected chi connectivity index (χ3v) is 17.5. The largest absolute Gasteiger partial charge is 0.472 e. The molecule has 9 nitrogen and oxygen atoms in total. The molecule has 2 atom stereocenters. The molecular weight excluding hydrogens is 1160 g/mol. The van der Waals surface area contributed by atoms with Crippen LogP contribution in [0.3, 0.4) is 0 Å². The number of allylic oxidation sites excluding steroid dienone is 20. The first-order chi connectivity index (χ1) is 45.0. The highest BCUT2D eigenvalue weighted by Crippen LogP contribution is 2.43. The van der Waals surface area contributed by atoms with E-state index in [1.165, 1.54) is 205 Å². The highest BCUT2D eigenvalue weighted by Gasteiger charge is 2.27. The summed E-state index contributed by atoms with van der Waals surface area (Å²) < 4.78 is 34.8. The minimum Gasteiger partial charge on any atom is -0.462 e. The number of carbonyl (C=O) groups is 2. The highest BCUT2D eigenvalue weighted by atomic mass is 31.2.